The van der Waals surface area contributed by atoms with Crippen LogP contribution in [-0.2, 0) is 24.2 Å². The molecule has 36 heavy (non-hydrogen) atoms. The van der Waals surface area contributed by atoms with Gasteiger partial charge in [-0.05, 0) is 44.0 Å². The number of nitrogens with zero attached hydrogens (tertiary/aromatic N) is 6. The van der Waals surface area contributed by atoms with E-state index in [1.54, 1.807) is 18.5 Å². The molecule has 0 aliphatic carbocycles. The van der Waals surface area contributed by atoms with Gasteiger partial charge in [0.2, 0.25) is 5.95 Å². The maximum atomic E-state index is 11.5. The summed E-state index contributed by atoms with van der Waals surface area (Å²) in [6, 6.07) is 7.55. The normalized spacial score (nSPS) is 11.6. The van der Waals surface area contributed by atoms with Crippen LogP contribution in [-0.4, -0.2) is 47.1 Å². The number of halogens is 1. The van der Waals surface area contributed by atoms with Crippen molar-refractivity contribution in [2.75, 3.05) is 11.4 Å². The van der Waals surface area contributed by atoms with Crippen molar-refractivity contribution in [2.24, 2.45) is 0 Å². The maximum absolute atomic E-state index is 11.5. The average Bonchev–Trinajstić information content (AvgIpc) is 3.51. The van der Waals surface area contributed by atoms with Crippen molar-refractivity contribution in [1.82, 2.24) is 24.7 Å². The molecule has 3 heterocycles. The average molecular weight is 543 g/mol. The molecule has 188 valence electrons. The second-order valence-corrected chi connectivity index (χ2v) is 11.9. The molecule has 0 saturated carbocycles. The van der Waals surface area contributed by atoms with Crippen molar-refractivity contribution in [3.05, 3.63) is 76.3 Å². The Kier molecular flexibility index (Phi) is 8.28. The smallest absolute Gasteiger partial charge is 0.319 e. The number of carbonyl (C=O) groups is 1. The van der Waals surface area contributed by atoms with E-state index < -0.39 is 10.7 Å². The Balaban J connectivity index is 1.50. The van der Waals surface area contributed by atoms with Gasteiger partial charge in [-0.15, -0.1) is 11.3 Å². The molecule has 0 aliphatic heterocycles. The molecule has 0 bridgehead atoms. The lowest BCUT2D eigenvalue weighted by molar-refractivity contribution is -0.138. The minimum Gasteiger partial charge on any atom is -0.480 e. The highest BCUT2D eigenvalue weighted by Gasteiger charge is 2.29. The van der Waals surface area contributed by atoms with Gasteiger partial charge in [-0.1, -0.05) is 36.4 Å². The van der Waals surface area contributed by atoms with Crippen LogP contribution in [0, 0.1) is 0 Å². The number of thioether (sulfide) groups is 1. The number of aromatic nitrogens is 5. The van der Waals surface area contributed by atoms with E-state index >= 15 is 0 Å². The van der Waals surface area contributed by atoms with E-state index in [0.717, 1.165) is 33.3 Å². The van der Waals surface area contributed by atoms with E-state index in [1.807, 2.05) is 54.4 Å². The first-order valence-electron chi connectivity index (χ1n) is 11.5. The Hall–Kier alpha value is -2.95. The van der Waals surface area contributed by atoms with Crippen LogP contribution in [0.1, 0.15) is 37.6 Å². The number of aryl methyl sites for hydroxylation is 1. The summed E-state index contributed by atoms with van der Waals surface area (Å²) in [6.45, 7) is 6.66. The van der Waals surface area contributed by atoms with Gasteiger partial charge in [0.25, 0.3) is 0 Å². The molecule has 0 amide bonds. The van der Waals surface area contributed by atoms with Crippen LogP contribution in [0.5, 0.6) is 0 Å². The Morgan fingerprint density at radius 1 is 1.22 bits per heavy atom. The maximum Gasteiger partial charge on any atom is 0.319 e. The second-order valence-electron chi connectivity index (χ2n) is 8.71. The van der Waals surface area contributed by atoms with Gasteiger partial charge in [-0.25, -0.2) is 19.6 Å². The van der Waals surface area contributed by atoms with Crippen LogP contribution in [0.4, 0.5) is 5.95 Å². The van der Waals surface area contributed by atoms with Crippen molar-refractivity contribution in [3.63, 3.8) is 0 Å². The molecule has 8 nitrogen and oxygen atoms in total. The van der Waals surface area contributed by atoms with Gasteiger partial charge in [0.05, 0.1) is 17.6 Å². The number of thiazole rings is 1. The summed E-state index contributed by atoms with van der Waals surface area (Å²) in [4.78, 5) is 27.4. The van der Waals surface area contributed by atoms with Gasteiger partial charge in [0.15, 0.2) is 4.34 Å². The van der Waals surface area contributed by atoms with E-state index in [0.29, 0.717) is 30.5 Å². The molecule has 0 aliphatic rings. The molecule has 1 aromatic carbocycles. The quantitative estimate of drug-likeness (QED) is 0.247. The number of hydrogen-bond donors (Lipinski definition) is 1. The Morgan fingerprint density at radius 2 is 2.00 bits per heavy atom. The fourth-order valence-electron chi connectivity index (χ4n) is 3.33. The van der Waals surface area contributed by atoms with Gasteiger partial charge >= 0.3 is 5.97 Å². The molecule has 0 saturated heterocycles. The molecule has 4 rings (SSSR count). The number of benzene rings is 1. The van der Waals surface area contributed by atoms with Gasteiger partial charge in [0.1, 0.15) is 4.75 Å². The number of anilines is 1. The molecule has 0 atom stereocenters. The summed E-state index contributed by atoms with van der Waals surface area (Å²) < 4.78 is 1.61. The molecule has 4 aromatic rings. The summed E-state index contributed by atoms with van der Waals surface area (Å²) in [5.41, 5.74) is 3.89. The Bertz CT molecular complexity index is 1320. The van der Waals surface area contributed by atoms with Crippen molar-refractivity contribution >= 4 is 46.6 Å². The number of aliphatic carboxylic acids is 1. The molecule has 11 heteroatoms. The zero-order chi connectivity index (χ0) is 25.7. The van der Waals surface area contributed by atoms with Gasteiger partial charge in [-0.2, -0.15) is 5.10 Å². The summed E-state index contributed by atoms with van der Waals surface area (Å²) in [7, 11) is 0. The van der Waals surface area contributed by atoms with Crippen molar-refractivity contribution < 1.29 is 9.90 Å². The van der Waals surface area contributed by atoms with E-state index in [1.165, 1.54) is 23.1 Å². The van der Waals surface area contributed by atoms with Crippen LogP contribution in [0.2, 0.25) is 5.02 Å². The van der Waals surface area contributed by atoms with E-state index in [9.17, 15) is 9.90 Å². The van der Waals surface area contributed by atoms with E-state index in [-0.39, 0.29) is 0 Å². The lowest BCUT2D eigenvalue weighted by atomic mass is 10.2. The van der Waals surface area contributed by atoms with Crippen molar-refractivity contribution in [1.29, 1.82) is 0 Å². The molecular formula is C25H27ClN6O2S2. The third-order valence-corrected chi connectivity index (χ3v) is 7.90. The predicted molar refractivity (Wildman–Crippen MR) is 144 cm³/mol. The fourth-order valence-corrected chi connectivity index (χ4v) is 5.74. The predicted octanol–water partition coefficient (Wildman–Crippen LogP) is 5.54. The van der Waals surface area contributed by atoms with Gasteiger partial charge < -0.3 is 10.0 Å². The van der Waals surface area contributed by atoms with Crippen LogP contribution in [0.25, 0.3) is 5.69 Å². The number of carboxylic acids is 1. The summed E-state index contributed by atoms with van der Waals surface area (Å²) in [5.74, 6) is -0.221. The third kappa shape index (κ3) is 6.63. The fraction of sp³-hybridized carbons (Fsp3) is 0.320. The number of hydrogen-bond acceptors (Lipinski definition) is 8. The third-order valence-electron chi connectivity index (χ3n) is 5.49. The number of carboxylic acid groups (broad SMARTS) is 1. The van der Waals surface area contributed by atoms with E-state index in [4.69, 9.17) is 11.6 Å². The highest BCUT2D eigenvalue weighted by Crippen LogP contribution is 2.34. The van der Waals surface area contributed by atoms with Crippen molar-refractivity contribution in [3.8, 4) is 5.69 Å². The van der Waals surface area contributed by atoms with Crippen LogP contribution < -0.4 is 4.90 Å². The molecular weight excluding hydrogens is 516 g/mol. The van der Waals surface area contributed by atoms with E-state index in [2.05, 4.69) is 31.9 Å². The van der Waals surface area contributed by atoms with Gasteiger partial charge in [-0.3, -0.25) is 4.79 Å². The molecule has 0 unspecified atom stereocenters. The highest BCUT2D eigenvalue weighted by molar-refractivity contribution is 8.03. The first-order chi connectivity index (χ1) is 17.2. The second kappa shape index (κ2) is 11.4. The zero-order valence-electron chi connectivity index (χ0n) is 20.3. The molecule has 3 aromatic heterocycles. The first kappa shape index (κ1) is 26.1. The summed E-state index contributed by atoms with van der Waals surface area (Å²) in [6.07, 6.45) is 9.07. The molecule has 0 fully saturated rings. The minimum atomic E-state index is -0.931. The largest absolute Gasteiger partial charge is 0.480 e. The van der Waals surface area contributed by atoms with Crippen LogP contribution in [0.15, 0.2) is 58.8 Å². The minimum absolute atomic E-state index is 0.573. The molecule has 1 N–H and O–H groups in total. The van der Waals surface area contributed by atoms with Crippen LogP contribution >= 0.6 is 34.7 Å². The topological polar surface area (TPSA) is 97.0 Å². The highest BCUT2D eigenvalue weighted by atomic mass is 35.5. The monoisotopic (exact) mass is 542 g/mol. The zero-order valence-corrected chi connectivity index (χ0v) is 22.6. The lowest BCUT2D eigenvalue weighted by Crippen LogP contribution is -2.27. The summed E-state index contributed by atoms with van der Waals surface area (Å²) >= 11 is 8.87. The van der Waals surface area contributed by atoms with Crippen molar-refractivity contribution in [2.45, 2.75) is 49.2 Å². The number of rotatable bonds is 11. The van der Waals surface area contributed by atoms with Crippen LogP contribution in [0.3, 0.4) is 0 Å². The molecule has 0 radical (unpaired) electrons. The Labute approximate surface area is 223 Å². The first-order valence-corrected chi connectivity index (χ1v) is 13.5. The Morgan fingerprint density at radius 3 is 2.69 bits per heavy atom. The SMILES string of the molecule is CCc1cnc(N(CCc2csc(SC(C)(C)C(=O)O)n2)Cc2cnn(-c3cccc(Cl)c3)c2)nc1. The summed E-state index contributed by atoms with van der Waals surface area (Å²) in [5, 5.41) is 16.5. The van der Waals surface area contributed by atoms with Gasteiger partial charge in [0, 0.05) is 54.1 Å². The molecule has 0 spiro atoms. The standard InChI is InChI=1S/C25H27ClN6O2S2/c1-4-17-11-27-23(28-12-17)31(9-8-20-16-35-24(30-20)36-25(2,3)22(33)34)14-18-13-29-32(15-18)21-7-5-6-19(26)10-21/h5-7,10-13,15-16H,4,8-9,14H2,1-3H3,(H,33,34). The lowest BCUT2D eigenvalue weighted by Gasteiger charge is -2.21.